The van der Waals surface area contributed by atoms with Gasteiger partial charge in [0.1, 0.15) is 11.6 Å². The smallest absolute Gasteiger partial charge is 0.259 e. The number of aromatic nitrogens is 1. The molecule has 0 saturated carbocycles. The van der Waals surface area contributed by atoms with Gasteiger partial charge < -0.3 is 10.6 Å². The minimum atomic E-state index is -0.542. The van der Waals surface area contributed by atoms with Crippen LogP contribution in [0.2, 0.25) is 5.02 Å². The highest BCUT2D eigenvalue weighted by Gasteiger charge is 2.14. The van der Waals surface area contributed by atoms with E-state index in [0.717, 1.165) is 6.42 Å². The van der Waals surface area contributed by atoms with Gasteiger partial charge in [-0.05, 0) is 36.8 Å². The molecule has 2 aromatic rings. The topological polar surface area (TPSA) is 54.0 Å². The molecule has 0 unspecified atom stereocenters. The molecule has 0 aliphatic heterocycles. The van der Waals surface area contributed by atoms with E-state index in [4.69, 9.17) is 11.6 Å². The van der Waals surface area contributed by atoms with Gasteiger partial charge in [0.15, 0.2) is 0 Å². The summed E-state index contributed by atoms with van der Waals surface area (Å²) in [6.45, 7) is 2.71. The molecule has 2 rings (SSSR count). The van der Waals surface area contributed by atoms with Crippen molar-refractivity contribution >= 4 is 29.0 Å². The van der Waals surface area contributed by atoms with E-state index >= 15 is 0 Å². The van der Waals surface area contributed by atoms with Crippen LogP contribution in [0.5, 0.6) is 0 Å². The lowest BCUT2D eigenvalue weighted by atomic mass is 10.2. The minimum absolute atomic E-state index is 0.0396. The molecule has 0 radical (unpaired) electrons. The first-order valence-corrected chi connectivity index (χ1v) is 6.95. The second-order valence-electron chi connectivity index (χ2n) is 4.40. The van der Waals surface area contributed by atoms with Crippen LogP contribution in [0.25, 0.3) is 0 Å². The molecule has 2 N–H and O–H groups in total. The Morgan fingerprint density at radius 2 is 2.19 bits per heavy atom. The third-order valence-corrected chi connectivity index (χ3v) is 3.01. The number of hydrogen-bond donors (Lipinski definition) is 2. The Morgan fingerprint density at radius 1 is 1.38 bits per heavy atom. The summed E-state index contributed by atoms with van der Waals surface area (Å²) in [4.78, 5) is 16.4. The summed E-state index contributed by atoms with van der Waals surface area (Å²) in [6, 6.07) is 7.27. The van der Waals surface area contributed by atoms with Gasteiger partial charge in [0.2, 0.25) is 0 Å². The van der Waals surface area contributed by atoms with E-state index in [2.05, 4.69) is 15.6 Å². The van der Waals surface area contributed by atoms with Crippen LogP contribution in [0.15, 0.2) is 36.5 Å². The average molecular weight is 308 g/mol. The molecule has 0 aliphatic carbocycles. The van der Waals surface area contributed by atoms with Gasteiger partial charge in [0.05, 0.1) is 11.3 Å². The van der Waals surface area contributed by atoms with Crippen molar-refractivity contribution in [3.05, 3.63) is 52.9 Å². The number of anilines is 2. The van der Waals surface area contributed by atoms with E-state index in [9.17, 15) is 9.18 Å². The predicted molar refractivity (Wildman–Crippen MR) is 82.4 cm³/mol. The number of benzene rings is 1. The molecule has 110 valence electrons. The zero-order valence-electron chi connectivity index (χ0n) is 11.5. The summed E-state index contributed by atoms with van der Waals surface area (Å²) in [5.41, 5.74) is 0.392. The SMILES string of the molecule is CCCNc1ncccc1C(=O)Nc1cc(Cl)ccc1F. The number of nitrogens with one attached hydrogen (secondary N) is 2. The van der Waals surface area contributed by atoms with Gasteiger partial charge in [-0.25, -0.2) is 9.37 Å². The van der Waals surface area contributed by atoms with Crippen LogP contribution in [0, 0.1) is 5.82 Å². The summed E-state index contributed by atoms with van der Waals surface area (Å²) < 4.78 is 13.6. The maximum Gasteiger partial charge on any atom is 0.259 e. The molecule has 0 aliphatic rings. The number of hydrogen-bond acceptors (Lipinski definition) is 3. The molecule has 1 aromatic carbocycles. The van der Waals surface area contributed by atoms with Crippen LogP contribution < -0.4 is 10.6 Å². The maximum atomic E-state index is 13.6. The Morgan fingerprint density at radius 3 is 2.95 bits per heavy atom. The van der Waals surface area contributed by atoms with Gasteiger partial charge in [-0.15, -0.1) is 0 Å². The highest BCUT2D eigenvalue weighted by Crippen LogP contribution is 2.21. The lowest BCUT2D eigenvalue weighted by Crippen LogP contribution is -2.16. The Hall–Kier alpha value is -2.14. The lowest BCUT2D eigenvalue weighted by Gasteiger charge is -2.11. The van der Waals surface area contributed by atoms with Gasteiger partial charge in [-0.1, -0.05) is 18.5 Å². The lowest BCUT2D eigenvalue weighted by molar-refractivity contribution is 0.102. The quantitative estimate of drug-likeness (QED) is 0.879. The van der Waals surface area contributed by atoms with Crippen LogP contribution in [0.1, 0.15) is 23.7 Å². The Balaban J connectivity index is 2.22. The molecule has 1 aromatic heterocycles. The second kappa shape index (κ2) is 7.04. The van der Waals surface area contributed by atoms with Crippen molar-refractivity contribution in [1.29, 1.82) is 0 Å². The summed E-state index contributed by atoms with van der Waals surface area (Å²) in [6.07, 6.45) is 2.50. The number of rotatable bonds is 5. The molecule has 1 amide bonds. The summed E-state index contributed by atoms with van der Waals surface area (Å²) in [5, 5.41) is 5.92. The van der Waals surface area contributed by atoms with Crippen LogP contribution >= 0.6 is 11.6 Å². The summed E-state index contributed by atoms with van der Waals surface area (Å²) in [5.74, 6) is -0.512. The number of nitrogens with zero attached hydrogens (tertiary/aromatic N) is 1. The van der Waals surface area contributed by atoms with Gasteiger partial charge in [-0.3, -0.25) is 4.79 Å². The summed E-state index contributed by atoms with van der Waals surface area (Å²) in [7, 11) is 0. The van der Waals surface area contributed by atoms with Crippen molar-refractivity contribution in [2.45, 2.75) is 13.3 Å². The average Bonchev–Trinajstić information content (AvgIpc) is 2.49. The first-order chi connectivity index (χ1) is 10.1. The van der Waals surface area contributed by atoms with Crippen molar-refractivity contribution in [2.75, 3.05) is 17.2 Å². The molecular formula is C15H15ClFN3O. The second-order valence-corrected chi connectivity index (χ2v) is 4.84. The van der Waals surface area contributed by atoms with Crippen LogP contribution in [0.4, 0.5) is 15.9 Å². The fraction of sp³-hybridized carbons (Fsp3) is 0.200. The molecule has 0 fully saturated rings. The van der Waals surface area contributed by atoms with Crippen molar-refractivity contribution < 1.29 is 9.18 Å². The molecule has 0 saturated heterocycles. The minimum Gasteiger partial charge on any atom is -0.369 e. The molecular weight excluding hydrogens is 293 g/mol. The molecule has 4 nitrogen and oxygen atoms in total. The molecule has 21 heavy (non-hydrogen) atoms. The fourth-order valence-electron chi connectivity index (χ4n) is 1.76. The van der Waals surface area contributed by atoms with E-state index in [1.165, 1.54) is 18.2 Å². The Kier molecular flexibility index (Phi) is 5.11. The number of carbonyl (C=O) groups is 1. The molecule has 0 bridgehead atoms. The van der Waals surface area contributed by atoms with Gasteiger partial charge >= 0.3 is 0 Å². The third kappa shape index (κ3) is 3.92. The first kappa shape index (κ1) is 15.3. The van der Waals surface area contributed by atoms with E-state index in [1.807, 2.05) is 6.92 Å². The number of amides is 1. The maximum absolute atomic E-state index is 13.6. The van der Waals surface area contributed by atoms with Crippen molar-refractivity contribution in [3.8, 4) is 0 Å². The fourth-order valence-corrected chi connectivity index (χ4v) is 1.93. The molecule has 1 heterocycles. The largest absolute Gasteiger partial charge is 0.369 e. The van der Waals surface area contributed by atoms with E-state index in [0.29, 0.717) is 22.9 Å². The summed E-state index contributed by atoms with van der Waals surface area (Å²) >= 11 is 5.80. The normalized spacial score (nSPS) is 10.2. The Labute approximate surface area is 127 Å². The van der Waals surface area contributed by atoms with Gasteiger partial charge in [0.25, 0.3) is 5.91 Å². The number of carbonyl (C=O) groups excluding carboxylic acids is 1. The Bertz CT molecular complexity index is 649. The standard InChI is InChI=1S/C15H15ClFN3O/c1-2-7-18-14-11(4-3-8-19-14)15(21)20-13-9-10(16)5-6-12(13)17/h3-6,8-9H,2,7H2,1H3,(H,18,19)(H,20,21). The molecule has 0 atom stereocenters. The van der Waals surface area contributed by atoms with Gasteiger partial charge in [-0.2, -0.15) is 0 Å². The zero-order valence-corrected chi connectivity index (χ0v) is 12.2. The predicted octanol–water partition coefficient (Wildman–Crippen LogP) is 3.95. The molecule has 0 spiro atoms. The van der Waals surface area contributed by atoms with Gasteiger partial charge in [0, 0.05) is 17.8 Å². The van der Waals surface area contributed by atoms with E-state index in [1.54, 1.807) is 18.3 Å². The number of pyridine rings is 1. The zero-order chi connectivity index (χ0) is 15.2. The van der Waals surface area contributed by atoms with E-state index in [-0.39, 0.29) is 5.69 Å². The van der Waals surface area contributed by atoms with Crippen molar-refractivity contribution in [3.63, 3.8) is 0 Å². The monoisotopic (exact) mass is 307 g/mol. The molecule has 6 heteroatoms. The number of halogens is 2. The third-order valence-electron chi connectivity index (χ3n) is 2.77. The van der Waals surface area contributed by atoms with Crippen molar-refractivity contribution in [1.82, 2.24) is 4.98 Å². The van der Waals surface area contributed by atoms with E-state index < -0.39 is 11.7 Å². The van der Waals surface area contributed by atoms with Crippen LogP contribution in [0.3, 0.4) is 0 Å². The van der Waals surface area contributed by atoms with Crippen LogP contribution in [-0.2, 0) is 0 Å². The highest BCUT2D eigenvalue weighted by atomic mass is 35.5. The highest BCUT2D eigenvalue weighted by molar-refractivity contribution is 6.31. The van der Waals surface area contributed by atoms with Crippen molar-refractivity contribution in [2.24, 2.45) is 0 Å². The first-order valence-electron chi connectivity index (χ1n) is 6.57. The van der Waals surface area contributed by atoms with Crippen LogP contribution in [-0.4, -0.2) is 17.4 Å².